The quantitative estimate of drug-likeness (QED) is 0.923. The van der Waals surface area contributed by atoms with Crippen molar-refractivity contribution in [1.82, 2.24) is 14.7 Å². The van der Waals surface area contributed by atoms with E-state index in [2.05, 4.69) is 18.9 Å². The van der Waals surface area contributed by atoms with E-state index in [4.69, 9.17) is 0 Å². The molecule has 5 heteroatoms. The maximum absolute atomic E-state index is 12.7. The van der Waals surface area contributed by atoms with Gasteiger partial charge in [0.25, 0.3) is 5.91 Å². The fourth-order valence-corrected chi connectivity index (χ4v) is 2.31. The first-order chi connectivity index (χ1) is 10.4. The first-order valence-electron chi connectivity index (χ1n) is 7.55. The first-order valence-corrected chi connectivity index (χ1v) is 7.55. The second-order valence-electron chi connectivity index (χ2n) is 5.69. The molecule has 0 saturated heterocycles. The van der Waals surface area contributed by atoms with E-state index in [9.17, 15) is 9.90 Å². The van der Waals surface area contributed by atoms with Crippen LogP contribution >= 0.6 is 0 Å². The molecule has 0 radical (unpaired) electrons. The van der Waals surface area contributed by atoms with Gasteiger partial charge in [-0.05, 0) is 39.8 Å². The molecule has 0 saturated carbocycles. The lowest BCUT2D eigenvalue weighted by Crippen LogP contribution is -2.30. The van der Waals surface area contributed by atoms with Gasteiger partial charge in [-0.1, -0.05) is 6.07 Å². The maximum atomic E-state index is 12.7. The Labute approximate surface area is 131 Å². The number of hydrogen-bond acceptors (Lipinski definition) is 3. The summed E-state index contributed by atoms with van der Waals surface area (Å²) < 4.78 is 1.88. The highest BCUT2D eigenvalue weighted by atomic mass is 16.3. The summed E-state index contributed by atoms with van der Waals surface area (Å²) in [6.45, 7) is 8.94. The number of phenols is 1. The number of carbonyl (C=O) groups excluding carboxylic acids is 1. The summed E-state index contributed by atoms with van der Waals surface area (Å²) in [4.78, 5) is 14.4. The average molecular weight is 301 g/mol. The molecule has 22 heavy (non-hydrogen) atoms. The van der Waals surface area contributed by atoms with Crippen molar-refractivity contribution in [3.05, 3.63) is 47.3 Å². The van der Waals surface area contributed by atoms with E-state index in [1.54, 1.807) is 36.2 Å². The van der Waals surface area contributed by atoms with Crippen LogP contribution in [-0.4, -0.2) is 32.2 Å². The largest absolute Gasteiger partial charge is 0.508 e. The van der Waals surface area contributed by atoms with Gasteiger partial charge < -0.3 is 10.0 Å². The number of aromatic hydroxyl groups is 1. The molecule has 1 aromatic heterocycles. The van der Waals surface area contributed by atoms with Crippen molar-refractivity contribution in [3.63, 3.8) is 0 Å². The molecule has 0 spiro atoms. The summed E-state index contributed by atoms with van der Waals surface area (Å²) >= 11 is 0. The van der Waals surface area contributed by atoms with E-state index < -0.39 is 0 Å². The van der Waals surface area contributed by atoms with Gasteiger partial charge in [0.05, 0.1) is 6.20 Å². The minimum atomic E-state index is -0.0757. The number of rotatable bonds is 5. The lowest BCUT2D eigenvalue weighted by Gasteiger charge is -2.21. The Morgan fingerprint density at radius 3 is 2.73 bits per heavy atom. The van der Waals surface area contributed by atoms with Crippen molar-refractivity contribution in [2.24, 2.45) is 0 Å². The van der Waals surface area contributed by atoms with Gasteiger partial charge in [0.1, 0.15) is 5.75 Å². The zero-order valence-corrected chi connectivity index (χ0v) is 13.6. The molecule has 5 nitrogen and oxygen atoms in total. The van der Waals surface area contributed by atoms with Crippen molar-refractivity contribution >= 4 is 5.91 Å². The zero-order valence-electron chi connectivity index (χ0n) is 13.6. The molecule has 1 aromatic carbocycles. The van der Waals surface area contributed by atoms with E-state index in [1.165, 1.54) is 0 Å². The Kier molecular flexibility index (Phi) is 4.85. The number of carbonyl (C=O) groups is 1. The Bertz CT molecular complexity index is 662. The van der Waals surface area contributed by atoms with Crippen molar-refractivity contribution in [2.45, 2.75) is 40.3 Å². The maximum Gasteiger partial charge on any atom is 0.254 e. The minimum absolute atomic E-state index is 0.0757. The highest BCUT2D eigenvalue weighted by Gasteiger charge is 2.18. The van der Waals surface area contributed by atoms with E-state index in [0.717, 1.165) is 5.56 Å². The van der Waals surface area contributed by atoms with Crippen molar-refractivity contribution in [3.8, 4) is 5.75 Å². The first kappa shape index (κ1) is 16.1. The summed E-state index contributed by atoms with van der Waals surface area (Å²) in [5, 5.41) is 14.1. The summed E-state index contributed by atoms with van der Waals surface area (Å²) in [5.74, 6) is 0.0720. The minimum Gasteiger partial charge on any atom is -0.508 e. The van der Waals surface area contributed by atoms with Crippen LogP contribution in [0.4, 0.5) is 0 Å². The number of amides is 1. The smallest absolute Gasteiger partial charge is 0.254 e. The van der Waals surface area contributed by atoms with Gasteiger partial charge in [-0.15, -0.1) is 0 Å². The van der Waals surface area contributed by atoms with Crippen molar-refractivity contribution in [1.29, 1.82) is 0 Å². The fraction of sp³-hybridized carbons (Fsp3) is 0.412. The van der Waals surface area contributed by atoms with E-state index in [1.807, 2.05) is 17.8 Å². The van der Waals surface area contributed by atoms with Gasteiger partial charge in [-0.3, -0.25) is 9.48 Å². The van der Waals surface area contributed by atoms with E-state index in [0.29, 0.717) is 30.3 Å². The monoisotopic (exact) mass is 301 g/mol. The fourth-order valence-electron chi connectivity index (χ4n) is 2.31. The molecule has 0 aliphatic carbocycles. The van der Waals surface area contributed by atoms with Crippen LogP contribution in [0.2, 0.25) is 0 Å². The summed E-state index contributed by atoms with van der Waals surface area (Å²) in [5.41, 5.74) is 2.16. The Morgan fingerprint density at radius 2 is 2.14 bits per heavy atom. The normalized spacial score (nSPS) is 11.0. The van der Waals surface area contributed by atoms with Crippen LogP contribution in [0.5, 0.6) is 5.75 Å². The molecule has 1 amide bonds. The number of hydrogen-bond donors (Lipinski definition) is 1. The number of phenolic OH excluding ortho intramolecular Hbond substituents is 1. The third-order valence-electron chi connectivity index (χ3n) is 3.76. The lowest BCUT2D eigenvalue weighted by molar-refractivity contribution is 0.0751. The molecule has 1 heterocycles. The average Bonchev–Trinajstić information content (AvgIpc) is 2.96. The van der Waals surface area contributed by atoms with Gasteiger partial charge in [0.15, 0.2) is 0 Å². The van der Waals surface area contributed by atoms with Gasteiger partial charge in [-0.2, -0.15) is 5.10 Å². The Morgan fingerprint density at radius 1 is 1.41 bits per heavy atom. The topological polar surface area (TPSA) is 58.4 Å². The van der Waals surface area contributed by atoms with Crippen LogP contribution < -0.4 is 0 Å². The highest BCUT2D eigenvalue weighted by Crippen LogP contribution is 2.21. The van der Waals surface area contributed by atoms with Gasteiger partial charge in [0.2, 0.25) is 0 Å². The second-order valence-corrected chi connectivity index (χ2v) is 5.69. The number of nitrogens with zero attached hydrogens (tertiary/aromatic N) is 3. The summed E-state index contributed by atoms with van der Waals surface area (Å²) in [7, 11) is 0. The second kappa shape index (κ2) is 6.64. The molecule has 118 valence electrons. The zero-order chi connectivity index (χ0) is 16.3. The van der Waals surface area contributed by atoms with Gasteiger partial charge >= 0.3 is 0 Å². The molecular weight excluding hydrogens is 278 g/mol. The van der Waals surface area contributed by atoms with Crippen LogP contribution in [0.3, 0.4) is 0 Å². The Hall–Kier alpha value is -2.30. The molecule has 2 rings (SSSR count). The van der Waals surface area contributed by atoms with E-state index >= 15 is 0 Å². The van der Waals surface area contributed by atoms with Crippen LogP contribution in [0.25, 0.3) is 0 Å². The molecular formula is C17H23N3O2. The third kappa shape index (κ3) is 3.30. The standard InChI is InChI=1S/C17H23N3O2/c1-5-19(10-14-9-18-20(11-14)12(2)3)17(22)15-7-6-8-16(21)13(15)4/h6-9,11-12,21H,5,10H2,1-4H3. The SMILES string of the molecule is CCN(Cc1cnn(C(C)C)c1)C(=O)c1cccc(O)c1C. The van der Waals surface area contributed by atoms with Crippen LogP contribution in [0.15, 0.2) is 30.6 Å². The highest BCUT2D eigenvalue weighted by molar-refractivity contribution is 5.96. The van der Waals surface area contributed by atoms with Gasteiger partial charge in [0, 0.05) is 42.0 Å². The summed E-state index contributed by atoms with van der Waals surface area (Å²) in [6.07, 6.45) is 3.77. The third-order valence-corrected chi connectivity index (χ3v) is 3.76. The number of benzene rings is 1. The van der Waals surface area contributed by atoms with Crippen LogP contribution in [0.1, 0.15) is 48.3 Å². The predicted octanol–water partition coefficient (Wildman–Crippen LogP) is 3.14. The molecule has 0 bridgehead atoms. The van der Waals surface area contributed by atoms with Gasteiger partial charge in [-0.25, -0.2) is 0 Å². The molecule has 1 N–H and O–H groups in total. The molecule has 0 unspecified atom stereocenters. The molecule has 0 aliphatic heterocycles. The molecule has 0 atom stereocenters. The van der Waals surface area contributed by atoms with Crippen molar-refractivity contribution < 1.29 is 9.90 Å². The van der Waals surface area contributed by atoms with E-state index in [-0.39, 0.29) is 11.7 Å². The lowest BCUT2D eigenvalue weighted by atomic mass is 10.1. The predicted molar refractivity (Wildman–Crippen MR) is 85.9 cm³/mol. The van der Waals surface area contributed by atoms with Crippen molar-refractivity contribution in [2.75, 3.05) is 6.54 Å². The Balaban J connectivity index is 2.20. The number of aromatic nitrogens is 2. The molecule has 2 aromatic rings. The summed E-state index contributed by atoms with van der Waals surface area (Å²) in [6, 6.07) is 5.33. The van der Waals surface area contributed by atoms with Crippen LogP contribution in [-0.2, 0) is 6.54 Å². The van der Waals surface area contributed by atoms with Crippen LogP contribution in [0, 0.1) is 6.92 Å². The molecule has 0 fully saturated rings. The molecule has 0 aliphatic rings.